The lowest BCUT2D eigenvalue weighted by molar-refractivity contribution is -0.149. The topological polar surface area (TPSA) is 54.0 Å². The Balaban J connectivity index is 1.50. The van der Waals surface area contributed by atoms with E-state index >= 15 is 0 Å². The van der Waals surface area contributed by atoms with Crippen molar-refractivity contribution in [2.75, 3.05) is 72.7 Å². The fourth-order valence-electron chi connectivity index (χ4n) is 4.36. The van der Waals surface area contributed by atoms with Crippen molar-refractivity contribution in [3.63, 3.8) is 0 Å². The second kappa shape index (κ2) is 8.61. The quantitative estimate of drug-likeness (QED) is 0.794. The average Bonchev–Trinajstić information content (AvgIpc) is 2.64. The van der Waals surface area contributed by atoms with Crippen molar-refractivity contribution >= 4 is 5.91 Å². The van der Waals surface area contributed by atoms with Crippen LogP contribution in [-0.2, 0) is 14.3 Å². The van der Waals surface area contributed by atoms with Crippen molar-refractivity contribution in [2.45, 2.75) is 25.7 Å². The van der Waals surface area contributed by atoms with Crippen LogP contribution in [0.4, 0.5) is 0 Å². The molecule has 6 heteroatoms. The van der Waals surface area contributed by atoms with Crippen molar-refractivity contribution in [3.8, 4) is 0 Å². The molecular weight excluding hydrogens is 306 g/mol. The minimum Gasteiger partial charge on any atom is -0.384 e. The molecule has 138 valence electrons. The summed E-state index contributed by atoms with van der Waals surface area (Å²) in [4.78, 5) is 17.8. The van der Waals surface area contributed by atoms with Gasteiger partial charge >= 0.3 is 0 Å². The predicted molar refractivity (Wildman–Crippen MR) is 93.0 cm³/mol. The molecule has 0 spiro atoms. The van der Waals surface area contributed by atoms with Crippen LogP contribution in [0.1, 0.15) is 25.7 Å². The second-order valence-electron chi connectivity index (χ2n) is 7.61. The zero-order chi connectivity index (χ0) is 16.8. The highest BCUT2D eigenvalue weighted by Crippen LogP contribution is 2.32. The number of piperazine rings is 1. The van der Waals surface area contributed by atoms with Crippen molar-refractivity contribution in [1.82, 2.24) is 15.1 Å². The van der Waals surface area contributed by atoms with Gasteiger partial charge in [-0.15, -0.1) is 0 Å². The van der Waals surface area contributed by atoms with Gasteiger partial charge in [0.25, 0.3) is 0 Å². The maximum atomic E-state index is 13.1. The number of carbonyl (C=O) groups is 1. The molecule has 6 nitrogen and oxygen atoms in total. The van der Waals surface area contributed by atoms with Crippen molar-refractivity contribution < 1.29 is 14.3 Å². The molecule has 24 heavy (non-hydrogen) atoms. The van der Waals surface area contributed by atoms with E-state index in [0.29, 0.717) is 12.5 Å². The molecule has 3 fully saturated rings. The highest BCUT2D eigenvalue weighted by Gasteiger charge is 2.42. The van der Waals surface area contributed by atoms with E-state index in [0.717, 1.165) is 71.2 Å². The summed E-state index contributed by atoms with van der Waals surface area (Å²) < 4.78 is 10.9. The molecule has 3 saturated heterocycles. The van der Waals surface area contributed by atoms with Crippen LogP contribution in [0.3, 0.4) is 0 Å². The molecule has 0 aliphatic carbocycles. The molecule has 0 atom stereocenters. The molecule has 3 heterocycles. The first-order chi connectivity index (χ1) is 11.7. The van der Waals surface area contributed by atoms with Crippen molar-refractivity contribution in [2.24, 2.45) is 11.3 Å². The summed E-state index contributed by atoms with van der Waals surface area (Å²) >= 11 is 0. The zero-order valence-corrected chi connectivity index (χ0v) is 15.1. The maximum Gasteiger partial charge on any atom is 0.231 e. The van der Waals surface area contributed by atoms with E-state index in [9.17, 15) is 4.79 Å². The third-order valence-electron chi connectivity index (χ3n) is 5.95. The number of amides is 1. The Hall–Kier alpha value is -0.690. The number of methoxy groups -OCH3 is 1. The van der Waals surface area contributed by atoms with E-state index in [1.165, 1.54) is 19.4 Å². The largest absolute Gasteiger partial charge is 0.384 e. The third-order valence-corrected chi connectivity index (χ3v) is 5.95. The van der Waals surface area contributed by atoms with Gasteiger partial charge in [0, 0.05) is 53.0 Å². The Morgan fingerprint density at radius 1 is 1.17 bits per heavy atom. The molecule has 0 aromatic heterocycles. The fourth-order valence-corrected chi connectivity index (χ4v) is 4.36. The summed E-state index contributed by atoms with van der Waals surface area (Å²) in [5.74, 6) is 1.09. The standard InChI is InChI=1S/C18H33N3O3/c1-23-15-18(4-6-19-7-5-18)17(22)21-10-8-20(9-11-21)14-16-2-12-24-13-3-16/h16,19H,2-15H2,1H3. The minimum atomic E-state index is -0.303. The Morgan fingerprint density at radius 3 is 2.46 bits per heavy atom. The smallest absolute Gasteiger partial charge is 0.231 e. The minimum absolute atomic E-state index is 0.303. The van der Waals surface area contributed by atoms with E-state index in [-0.39, 0.29) is 5.41 Å². The van der Waals surface area contributed by atoms with Crippen LogP contribution >= 0.6 is 0 Å². The molecule has 1 amide bonds. The van der Waals surface area contributed by atoms with E-state index in [1.54, 1.807) is 7.11 Å². The van der Waals surface area contributed by atoms with Gasteiger partial charge in [0.2, 0.25) is 5.91 Å². The SMILES string of the molecule is COCC1(C(=O)N2CCN(CC3CCOCC3)CC2)CCNCC1. The summed E-state index contributed by atoms with van der Waals surface area (Å²) in [7, 11) is 1.71. The number of nitrogens with zero attached hydrogens (tertiary/aromatic N) is 2. The van der Waals surface area contributed by atoms with E-state index in [4.69, 9.17) is 9.47 Å². The summed E-state index contributed by atoms with van der Waals surface area (Å²) in [6, 6.07) is 0. The first-order valence-corrected chi connectivity index (χ1v) is 9.53. The normalized spacial score (nSPS) is 26.5. The Labute approximate surface area is 145 Å². The molecule has 0 bridgehead atoms. The van der Waals surface area contributed by atoms with E-state index < -0.39 is 0 Å². The molecule has 3 aliphatic rings. The monoisotopic (exact) mass is 339 g/mol. The summed E-state index contributed by atoms with van der Waals surface area (Å²) in [5, 5.41) is 3.36. The van der Waals surface area contributed by atoms with Gasteiger partial charge in [-0.25, -0.2) is 0 Å². The average molecular weight is 339 g/mol. The fraction of sp³-hybridized carbons (Fsp3) is 0.944. The number of carbonyl (C=O) groups excluding carboxylic acids is 1. The number of rotatable bonds is 5. The van der Waals surface area contributed by atoms with Gasteiger partial charge in [0.05, 0.1) is 12.0 Å². The second-order valence-corrected chi connectivity index (χ2v) is 7.61. The van der Waals surface area contributed by atoms with E-state index in [1.807, 2.05) is 0 Å². The van der Waals surface area contributed by atoms with Crippen LogP contribution in [0.25, 0.3) is 0 Å². The summed E-state index contributed by atoms with van der Waals surface area (Å²) in [5.41, 5.74) is -0.303. The van der Waals surface area contributed by atoms with Crippen LogP contribution < -0.4 is 5.32 Å². The van der Waals surface area contributed by atoms with Crippen molar-refractivity contribution in [3.05, 3.63) is 0 Å². The van der Waals surface area contributed by atoms with Gasteiger partial charge in [-0.05, 0) is 44.7 Å². The summed E-state index contributed by atoms with van der Waals surface area (Å²) in [6.45, 7) is 9.11. The van der Waals surface area contributed by atoms with Gasteiger partial charge in [0.15, 0.2) is 0 Å². The Morgan fingerprint density at radius 2 is 1.83 bits per heavy atom. The molecule has 0 unspecified atom stereocenters. The zero-order valence-electron chi connectivity index (χ0n) is 15.1. The van der Waals surface area contributed by atoms with Gasteiger partial charge < -0.3 is 19.7 Å². The molecule has 0 saturated carbocycles. The predicted octanol–water partition coefficient (Wildman–Crippen LogP) is 0.573. The van der Waals surface area contributed by atoms with Gasteiger partial charge in [-0.1, -0.05) is 0 Å². The van der Waals surface area contributed by atoms with Crippen LogP contribution in [0.15, 0.2) is 0 Å². The van der Waals surface area contributed by atoms with Gasteiger partial charge in [0.1, 0.15) is 0 Å². The van der Waals surface area contributed by atoms with Crippen molar-refractivity contribution in [1.29, 1.82) is 0 Å². The molecule has 0 radical (unpaired) electrons. The molecule has 0 aromatic rings. The van der Waals surface area contributed by atoms with Crippen LogP contribution in [-0.4, -0.2) is 88.5 Å². The lowest BCUT2D eigenvalue weighted by Crippen LogP contribution is -2.57. The molecule has 0 aromatic carbocycles. The highest BCUT2D eigenvalue weighted by molar-refractivity contribution is 5.83. The Kier molecular flexibility index (Phi) is 6.49. The lowest BCUT2D eigenvalue weighted by Gasteiger charge is -2.43. The number of hydrogen-bond acceptors (Lipinski definition) is 5. The van der Waals surface area contributed by atoms with E-state index in [2.05, 4.69) is 15.1 Å². The number of hydrogen-bond donors (Lipinski definition) is 1. The number of piperidine rings is 1. The molecular formula is C18H33N3O3. The summed E-state index contributed by atoms with van der Waals surface area (Å²) in [6.07, 6.45) is 4.15. The molecule has 3 aliphatic heterocycles. The number of nitrogens with one attached hydrogen (secondary N) is 1. The Bertz CT molecular complexity index is 393. The lowest BCUT2D eigenvalue weighted by atomic mass is 9.78. The first-order valence-electron chi connectivity index (χ1n) is 9.53. The van der Waals surface area contributed by atoms with Crippen LogP contribution in [0.5, 0.6) is 0 Å². The number of ether oxygens (including phenoxy) is 2. The highest BCUT2D eigenvalue weighted by atomic mass is 16.5. The van der Waals surface area contributed by atoms with Crippen LogP contribution in [0.2, 0.25) is 0 Å². The first kappa shape index (κ1) is 18.1. The molecule has 3 rings (SSSR count). The maximum absolute atomic E-state index is 13.1. The third kappa shape index (κ3) is 4.28. The molecule has 1 N–H and O–H groups in total. The van der Waals surface area contributed by atoms with Gasteiger partial charge in [-0.2, -0.15) is 0 Å². The van der Waals surface area contributed by atoms with Gasteiger partial charge in [-0.3, -0.25) is 9.69 Å². The van der Waals surface area contributed by atoms with Crippen LogP contribution in [0, 0.1) is 11.3 Å².